The lowest BCUT2D eigenvalue weighted by Gasteiger charge is -2.31. The van der Waals surface area contributed by atoms with Crippen LogP contribution in [-0.4, -0.2) is 36.6 Å². The van der Waals surface area contributed by atoms with Gasteiger partial charge in [0, 0.05) is 24.7 Å². The molecule has 0 aromatic carbocycles. The molecule has 2 heteroatoms. The third kappa shape index (κ3) is 6.16. The van der Waals surface area contributed by atoms with Gasteiger partial charge in [-0.05, 0) is 40.7 Å². The Balaban J connectivity index is 3.82. The molecule has 2 nitrogen and oxygen atoms in total. The lowest BCUT2D eigenvalue weighted by molar-refractivity contribution is 0.180. The molecule has 0 aliphatic carbocycles. The maximum atomic E-state index is 3.57. The topological polar surface area (TPSA) is 15.3 Å². The van der Waals surface area contributed by atoms with Gasteiger partial charge in [0.1, 0.15) is 0 Å². The first-order valence-electron chi connectivity index (χ1n) is 6.48. The Labute approximate surface area is 96.4 Å². The molecule has 0 aromatic rings. The Kier molecular flexibility index (Phi) is 8.07. The van der Waals surface area contributed by atoms with Crippen molar-refractivity contribution in [2.45, 2.75) is 72.0 Å². The molecule has 0 aliphatic heterocycles. The second-order valence-corrected chi connectivity index (χ2v) is 4.87. The van der Waals surface area contributed by atoms with E-state index in [1.54, 1.807) is 0 Å². The minimum Gasteiger partial charge on any atom is -0.313 e. The molecule has 0 bridgehead atoms. The maximum Gasteiger partial charge on any atom is 0.0192 e. The summed E-state index contributed by atoms with van der Waals surface area (Å²) >= 11 is 0. The van der Waals surface area contributed by atoms with Gasteiger partial charge in [-0.15, -0.1) is 0 Å². The van der Waals surface area contributed by atoms with E-state index < -0.39 is 0 Å². The Bertz CT molecular complexity index is 147. The van der Waals surface area contributed by atoms with E-state index in [-0.39, 0.29) is 0 Å². The number of hydrogen-bond acceptors (Lipinski definition) is 2. The van der Waals surface area contributed by atoms with Crippen molar-refractivity contribution in [1.82, 2.24) is 10.2 Å². The summed E-state index contributed by atoms with van der Waals surface area (Å²) in [4.78, 5) is 2.48. The van der Waals surface area contributed by atoms with Crippen molar-refractivity contribution in [3.63, 3.8) is 0 Å². The van der Waals surface area contributed by atoms with Crippen LogP contribution in [0.5, 0.6) is 0 Å². The molecule has 1 N–H and O–H groups in total. The summed E-state index contributed by atoms with van der Waals surface area (Å²) in [5.74, 6) is 0. The zero-order chi connectivity index (χ0) is 11.8. The molecule has 0 aliphatic rings. The number of likely N-dealkylation sites (N-methyl/N-ethyl adjacent to an activating group) is 1. The quantitative estimate of drug-likeness (QED) is 0.668. The third-order valence-corrected chi connectivity index (χ3v) is 3.47. The van der Waals surface area contributed by atoms with E-state index in [0.717, 1.165) is 6.54 Å². The molecule has 0 saturated heterocycles. The van der Waals surface area contributed by atoms with E-state index in [4.69, 9.17) is 0 Å². The van der Waals surface area contributed by atoms with Gasteiger partial charge in [0.25, 0.3) is 0 Å². The Hall–Kier alpha value is -0.0800. The van der Waals surface area contributed by atoms with Crippen LogP contribution in [0.4, 0.5) is 0 Å². The van der Waals surface area contributed by atoms with Gasteiger partial charge < -0.3 is 5.32 Å². The van der Waals surface area contributed by atoms with Crippen LogP contribution >= 0.6 is 0 Å². The molecule has 92 valence electrons. The van der Waals surface area contributed by atoms with Crippen molar-refractivity contribution in [2.75, 3.05) is 13.6 Å². The lowest BCUT2D eigenvalue weighted by Crippen LogP contribution is -2.44. The van der Waals surface area contributed by atoms with E-state index in [1.165, 1.54) is 19.3 Å². The number of hydrogen-bond donors (Lipinski definition) is 1. The Morgan fingerprint density at radius 1 is 1.07 bits per heavy atom. The van der Waals surface area contributed by atoms with Gasteiger partial charge in [0.15, 0.2) is 0 Å². The van der Waals surface area contributed by atoms with Crippen molar-refractivity contribution < 1.29 is 0 Å². The van der Waals surface area contributed by atoms with Crippen molar-refractivity contribution in [3.8, 4) is 0 Å². The summed E-state index contributed by atoms with van der Waals surface area (Å²) in [7, 11) is 2.24. The second-order valence-electron chi connectivity index (χ2n) is 4.87. The predicted molar refractivity (Wildman–Crippen MR) is 69.4 cm³/mol. The zero-order valence-corrected chi connectivity index (χ0v) is 11.5. The van der Waals surface area contributed by atoms with E-state index in [2.05, 4.69) is 51.9 Å². The van der Waals surface area contributed by atoms with Crippen molar-refractivity contribution in [2.24, 2.45) is 0 Å². The summed E-state index contributed by atoms with van der Waals surface area (Å²) in [6.45, 7) is 12.5. The molecule has 0 spiro atoms. The third-order valence-electron chi connectivity index (χ3n) is 3.47. The van der Waals surface area contributed by atoms with Gasteiger partial charge in [-0.3, -0.25) is 4.90 Å². The SMILES string of the molecule is CCCC(C)N(C)C(C)CNC(C)CC. The van der Waals surface area contributed by atoms with Gasteiger partial charge in [-0.1, -0.05) is 20.3 Å². The summed E-state index contributed by atoms with van der Waals surface area (Å²) in [5, 5.41) is 3.57. The molecule has 15 heavy (non-hydrogen) atoms. The first-order valence-corrected chi connectivity index (χ1v) is 6.48. The van der Waals surface area contributed by atoms with Crippen LogP contribution in [-0.2, 0) is 0 Å². The monoisotopic (exact) mass is 214 g/mol. The van der Waals surface area contributed by atoms with Gasteiger partial charge in [0.05, 0.1) is 0 Å². The normalized spacial score (nSPS) is 17.8. The molecule has 0 fully saturated rings. The summed E-state index contributed by atoms with van der Waals surface area (Å²) < 4.78 is 0. The highest BCUT2D eigenvalue weighted by Crippen LogP contribution is 2.07. The van der Waals surface area contributed by atoms with Crippen molar-refractivity contribution in [3.05, 3.63) is 0 Å². The number of rotatable bonds is 8. The molecule has 0 radical (unpaired) electrons. The van der Waals surface area contributed by atoms with Gasteiger partial charge in [0.2, 0.25) is 0 Å². The fraction of sp³-hybridized carbons (Fsp3) is 1.00. The summed E-state index contributed by atoms with van der Waals surface area (Å²) in [5.41, 5.74) is 0. The van der Waals surface area contributed by atoms with Crippen LogP contribution < -0.4 is 5.32 Å². The molecule has 0 amide bonds. The van der Waals surface area contributed by atoms with Crippen molar-refractivity contribution >= 4 is 0 Å². The minimum atomic E-state index is 0.626. The van der Waals surface area contributed by atoms with Crippen LogP contribution in [0.2, 0.25) is 0 Å². The van der Waals surface area contributed by atoms with Crippen LogP contribution in [0.25, 0.3) is 0 Å². The highest BCUT2D eigenvalue weighted by molar-refractivity contribution is 4.73. The first-order chi connectivity index (χ1) is 7.02. The Morgan fingerprint density at radius 2 is 1.67 bits per heavy atom. The predicted octanol–water partition coefficient (Wildman–Crippen LogP) is 2.88. The fourth-order valence-electron chi connectivity index (χ4n) is 1.72. The second kappa shape index (κ2) is 8.12. The molecule has 0 heterocycles. The molecule has 0 rings (SSSR count). The average Bonchev–Trinajstić information content (AvgIpc) is 2.24. The van der Waals surface area contributed by atoms with E-state index >= 15 is 0 Å². The highest BCUT2D eigenvalue weighted by atomic mass is 15.2. The standard InChI is InChI=1S/C13H30N2/c1-7-9-12(4)15(6)13(5)10-14-11(3)8-2/h11-14H,7-10H2,1-6H3. The number of nitrogens with one attached hydrogen (secondary N) is 1. The summed E-state index contributed by atoms with van der Waals surface area (Å²) in [6, 6.07) is 1.96. The van der Waals surface area contributed by atoms with Gasteiger partial charge in [-0.25, -0.2) is 0 Å². The molecule has 0 saturated carbocycles. The first kappa shape index (κ1) is 14.9. The molecule has 0 aromatic heterocycles. The molecular weight excluding hydrogens is 184 g/mol. The van der Waals surface area contributed by atoms with Crippen LogP contribution in [0.1, 0.15) is 53.9 Å². The lowest BCUT2D eigenvalue weighted by atomic mass is 10.1. The van der Waals surface area contributed by atoms with Crippen LogP contribution in [0.15, 0.2) is 0 Å². The zero-order valence-electron chi connectivity index (χ0n) is 11.5. The largest absolute Gasteiger partial charge is 0.313 e. The highest BCUT2D eigenvalue weighted by Gasteiger charge is 2.15. The van der Waals surface area contributed by atoms with Gasteiger partial charge >= 0.3 is 0 Å². The average molecular weight is 214 g/mol. The maximum absolute atomic E-state index is 3.57. The van der Waals surface area contributed by atoms with Gasteiger partial charge in [-0.2, -0.15) is 0 Å². The van der Waals surface area contributed by atoms with E-state index in [0.29, 0.717) is 18.1 Å². The molecular formula is C13H30N2. The molecule has 3 unspecified atom stereocenters. The van der Waals surface area contributed by atoms with Crippen LogP contribution in [0, 0.1) is 0 Å². The minimum absolute atomic E-state index is 0.626. The smallest absolute Gasteiger partial charge is 0.0192 e. The fourth-order valence-corrected chi connectivity index (χ4v) is 1.72. The number of nitrogens with zero attached hydrogens (tertiary/aromatic N) is 1. The van der Waals surface area contributed by atoms with Crippen LogP contribution in [0.3, 0.4) is 0 Å². The summed E-state index contributed by atoms with van der Waals surface area (Å²) in [6.07, 6.45) is 3.78. The Morgan fingerprint density at radius 3 is 2.13 bits per heavy atom. The van der Waals surface area contributed by atoms with E-state index in [1.807, 2.05) is 0 Å². The molecule has 3 atom stereocenters. The van der Waals surface area contributed by atoms with E-state index in [9.17, 15) is 0 Å². The van der Waals surface area contributed by atoms with Crippen molar-refractivity contribution in [1.29, 1.82) is 0 Å².